The molecule has 1 N–H and O–H groups in total. The molecule has 4 heterocycles. The van der Waals surface area contributed by atoms with Crippen LogP contribution in [-0.2, 0) is 7.05 Å². The third-order valence-corrected chi connectivity index (χ3v) is 6.39. The van der Waals surface area contributed by atoms with Gasteiger partial charge in [0.05, 0.1) is 27.7 Å². The molecule has 32 heavy (non-hydrogen) atoms. The number of carbonyl (C=O) groups is 2. The van der Waals surface area contributed by atoms with Gasteiger partial charge in [0, 0.05) is 33.2 Å². The summed E-state index contributed by atoms with van der Waals surface area (Å²) in [6.07, 6.45) is 3.32. The summed E-state index contributed by atoms with van der Waals surface area (Å²) in [5.41, 5.74) is 1.79. The first-order valence-electron chi connectivity index (χ1n) is 10.2. The number of benzene rings is 1. The summed E-state index contributed by atoms with van der Waals surface area (Å²) in [7, 11) is 1.85. The number of nitrogens with zero attached hydrogens (tertiary/aromatic N) is 6. The summed E-state index contributed by atoms with van der Waals surface area (Å²) in [4.78, 5) is 39.1. The van der Waals surface area contributed by atoms with E-state index in [1.807, 2.05) is 35.5 Å². The van der Waals surface area contributed by atoms with E-state index < -0.39 is 0 Å². The predicted octanol–water partition coefficient (Wildman–Crippen LogP) is 2.64. The number of piperazine rings is 1. The van der Waals surface area contributed by atoms with Crippen LogP contribution in [0.2, 0.25) is 0 Å². The fraction of sp³-hybridized carbons (Fsp3) is 0.227. The topological polar surface area (TPSA) is 96.2 Å². The highest BCUT2D eigenvalue weighted by Gasteiger charge is 2.26. The zero-order valence-electron chi connectivity index (χ0n) is 17.4. The summed E-state index contributed by atoms with van der Waals surface area (Å²) >= 11 is 1.36. The maximum absolute atomic E-state index is 13.3. The molecule has 162 valence electrons. The van der Waals surface area contributed by atoms with Crippen molar-refractivity contribution in [3.05, 3.63) is 64.7 Å². The number of amides is 2. The Morgan fingerprint density at radius 3 is 2.62 bits per heavy atom. The van der Waals surface area contributed by atoms with Gasteiger partial charge in [0.15, 0.2) is 5.65 Å². The number of fused-ring (bicyclic) bond motifs is 1. The molecular weight excluding hydrogens is 426 g/mol. The van der Waals surface area contributed by atoms with Crippen LogP contribution >= 0.6 is 11.3 Å². The van der Waals surface area contributed by atoms with E-state index in [1.165, 1.54) is 11.3 Å². The monoisotopic (exact) mass is 447 g/mol. The highest BCUT2D eigenvalue weighted by atomic mass is 32.1. The fourth-order valence-electron chi connectivity index (χ4n) is 3.86. The standard InChI is InChI=1S/C22H21N7O2S/c1-27-19-16(13-25-27)20(24-14-23-19)28-8-10-29(11-9-28)22(31)15-5-2-3-6-17(15)26-21(30)18-7-4-12-32-18/h2-7,12-14H,8-11H2,1H3,(H,26,30). The minimum absolute atomic E-state index is 0.0964. The number of hydrogen-bond donors (Lipinski definition) is 1. The largest absolute Gasteiger partial charge is 0.352 e. The molecule has 0 radical (unpaired) electrons. The Morgan fingerprint density at radius 1 is 1.03 bits per heavy atom. The number of aryl methyl sites for hydroxylation is 1. The highest BCUT2D eigenvalue weighted by molar-refractivity contribution is 7.12. The number of thiophene rings is 1. The average molecular weight is 448 g/mol. The molecule has 5 rings (SSSR count). The molecule has 1 aliphatic rings. The Labute approximate surface area is 188 Å². The quantitative estimate of drug-likeness (QED) is 0.517. The van der Waals surface area contributed by atoms with Crippen LogP contribution in [0.4, 0.5) is 11.5 Å². The normalized spacial score (nSPS) is 14.0. The van der Waals surface area contributed by atoms with E-state index in [-0.39, 0.29) is 11.8 Å². The van der Waals surface area contributed by atoms with E-state index in [0.29, 0.717) is 42.3 Å². The van der Waals surface area contributed by atoms with Gasteiger partial charge in [0.2, 0.25) is 0 Å². The van der Waals surface area contributed by atoms with E-state index >= 15 is 0 Å². The van der Waals surface area contributed by atoms with Crippen molar-refractivity contribution in [1.82, 2.24) is 24.6 Å². The van der Waals surface area contributed by atoms with Crippen molar-refractivity contribution in [1.29, 1.82) is 0 Å². The van der Waals surface area contributed by atoms with Gasteiger partial charge in [-0.05, 0) is 23.6 Å². The van der Waals surface area contributed by atoms with Gasteiger partial charge < -0.3 is 15.1 Å². The maximum atomic E-state index is 13.3. The van der Waals surface area contributed by atoms with Crippen LogP contribution < -0.4 is 10.2 Å². The zero-order chi connectivity index (χ0) is 22.1. The molecule has 0 unspecified atom stereocenters. The van der Waals surface area contributed by atoms with Crippen molar-refractivity contribution in [2.24, 2.45) is 7.05 Å². The number of carbonyl (C=O) groups excluding carboxylic acids is 2. The van der Waals surface area contributed by atoms with Gasteiger partial charge in [0.25, 0.3) is 11.8 Å². The predicted molar refractivity (Wildman–Crippen MR) is 123 cm³/mol. The summed E-state index contributed by atoms with van der Waals surface area (Å²) in [5, 5.41) is 9.90. The van der Waals surface area contributed by atoms with Gasteiger partial charge in [-0.15, -0.1) is 11.3 Å². The number of hydrogen-bond acceptors (Lipinski definition) is 7. The summed E-state index contributed by atoms with van der Waals surface area (Å²) in [5.74, 6) is 0.522. The third kappa shape index (κ3) is 3.69. The highest BCUT2D eigenvalue weighted by Crippen LogP contribution is 2.25. The maximum Gasteiger partial charge on any atom is 0.265 e. The molecule has 1 fully saturated rings. The van der Waals surface area contributed by atoms with E-state index in [4.69, 9.17) is 0 Å². The van der Waals surface area contributed by atoms with E-state index in [2.05, 4.69) is 25.3 Å². The van der Waals surface area contributed by atoms with Crippen molar-refractivity contribution in [2.45, 2.75) is 0 Å². The summed E-state index contributed by atoms with van der Waals surface area (Å²) in [6.45, 7) is 2.41. The Kier molecular flexibility index (Phi) is 5.28. The number of nitrogens with one attached hydrogen (secondary N) is 1. The van der Waals surface area contributed by atoms with Crippen LogP contribution in [0.25, 0.3) is 11.0 Å². The molecule has 2 amide bonds. The molecule has 0 spiro atoms. The van der Waals surface area contributed by atoms with Crippen LogP contribution in [0.5, 0.6) is 0 Å². The fourth-order valence-corrected chi connectivity index (χ4v) is 4.48. The summed E-state index contributed by atoms with van der Waals surface area (Å²) in [6, 6.07) is 10.7. The molecule has 1 saturated heterocycles. The van der Waals surface area contributed by atoms with Crippen LogP contribution in [-0.4, -0.2) is 62.6 Å². The second kappa shape index (κ2) is 8.39. The van der Waals surface area contributed by atoms with Gasteiger partial charge in [0.1, 0.15) is 12.1 Å². The Hall–Kier alpha value is -3.79. The van der Waals surface area contributed by atoms with Crippen molar-refractivity contribution < 1.29 is 9.59 Å². The Morgan fingerprint density at radius 2 is 1.84 bits per heavy atom. The Bertz CT molecular complexity index is 1280. The minimum Gasteiger partial charge on any atom is -0.352 e. The van der Waals surface area contributed by atoms with Crippen molar-refractivity contribution in [3.63, 3.8) is 0 Å². The van der Waals surface area contributed by atoms with E-state index in [9.17, 15) is 9.59 Å². The number of aromatic nitrogens is 4. The average Bonchev–Trinajstić information content (AvgIpc) is 3.50. The first kappa shape index (κ1) is 20.1. The molecule has 0 saturated carbocycles. The van der Waals surface area contributed by atoms with Crippen LogP contribution in [0.3, 0.4) is 0 Å². The lowest BCUT2D eigenvalue weighted by Gasteiger charge is -2.35. The van der Waals surface area contributed by atoms with E-state index in [1.54, 1.807) is 35.4 Å². The first-order valence-corrected chi connectivity index (χ1v) is 11.1. The van der Waals surface area contributed by atoms with Gasteiger partial charge >= 0.3 is 0 Å². The third-order valence-electron chi connectivity index (χ3n) is 5.53. The molecule has 1 aliphatic heterocycles. The SMILES string of the molecule is Cn1ncc2c(N3CCN(C(=O)c4ccccc4NC(=O)c4cccs4)CC3)ncnc21. The lowest BCUT2D eigenvalue weighted by Crippen LogP contribution is -2.49. The molecule has 0 aliphatic carbocycles. The molecular formula is C22H21N7O2S. The van der Waals surface area contributed by atoms with Crippen LogP contribution in [0, 0.1) is 0 Å². The molecule has 4 aromatic rings. The van der Waals surface area contributed by atoms with Gasteiger partial charge in [-0.1, -0.05) is 18.2 Å². The smallest absolute Gasteiger partial charge is 0.265 e. The number of para-hydroxylation sites is 1. The number of rotatable bonds is 4. The second-order valence-corrected chi connectivity index (χ2v) is 8.41. The minimum atomic E-state index is -0.214. The van der Waals surface area contributed by atoms with Crippen molar-refractivity contribution in [3.8, 4) is 0 Å². The lowest BCUT2D eigenvalue weighted by molar-refractivity contribution is 0.0747. The second-order valence-electron chi connectivity index (χ2n) is 7.46. The first-order chi connectivity index (χ1) is 15.6. The van der Waals surface area contributed by atoms with Crippen LogP contribution in [0.15, 0.2) is 54.3 Å². The van der Waals surface area contributed by atoms with Crippen molar-refractivity contribution >= 4 is 45.7 Å². The van der Waals surface area contributed by atoms with Gasteiger partial charge in [-0.25, -0.2) is 9.97 Å². The lowest BCUT2D eigenvalue weighted by atomic mass is 10.1. The van der Waals surface area contributed by atoms with Gasteiger partial charge in [-0.3, -0.25) is 14.3 Å². The van der Waals surface area contributed by atoms with Crippen LogP contribution in [0.1, 0.15) is 20.0 Å². The zero-order valence-corrected chi connectivity index (χ0v) is 18.2. The molecule has 3 aromatic heterocycles. The number of anilines is 2. The summed E-state index contributed by atoms with van der Waals surface area (Å²) < 4.78 is 1.72. The molecule has 9 nitrogen and oxygen atoms in total. The van der Waals surface area contributed by atoms with E-state index in [0.717, 1.165) is 16.9 Å². The van der Waals surface area contributed by atoms with Gasteiger partial charge in [-0.2, -0.15) is 5.10 Å². The molecule has 0 atom stereocenters. The molecule has 10 heteroatoms. The molecule has 1 aromatic carbocycles. The molecule has 0 bridgehead atoms. The van der Waals surface area contributed by atoms with Crippen molar-refractivity contribution in [2.75, 3.05) is 36.4 Å². The Balaban J connectivity index is 1.30.